The minimum atomic E-state index is -1.17. The lowest BCUT2D eigenvalue weighted by Crippen LogP contribution is -2.47. The highest BCUT2D eigenvalue weighted by Crippen LogP contribution is 2.54. The van der Waals surface area contributed by atoms with E-state index in [0.717, 1.165) is 25.8 Å². The van der Waals surface area contributed by atoms with Gasteiger partial charge in [0.15, 0.2) is 0 Å². The van der Waals surface area contributed by atoms with Crippen molar-refractivity contribution in [3.8, 4) is 5.75 Å². The van der Waals surface area contributed by atoms with E-state index in [0.29, 0.717) is 18.3 Å². The highest BCUT2D eigenvalue weighted by Gasteiger charge is 2.52. The maximum Gasteiger partial charge on any atom is 0.129 e. The topological polar surface area (TPSA) is 43.7 Å². The number of fused-ring (bicyclic) bond motifs is 2. The SMILES string of the molecule is CN(C)C[C@H]1[C@H]2CC[C@H](C2)C[C@]1(O)c1cc(O)ccc1F. The van der Waals surface area contributed by atoms with Gasteiger partial charge in [-0.15, -0.1) is 0 Å². The van der Waals surface area contributed by atoms with Gasteiger partial charge < -0.3 is 15.1 Å². The Balaban J connectivity index is 2.04. The molecule has 0 saturated heterocycles. The molecule has 2 aliphatic rings. The average molecular weight is 293 g/mol. The van der Waals surface area contributed by atoms with Crippen LogP contribution in [0.1, 0.15) is 31.2 Å². The number of nitrogens with zero attached hydrogens (tertiary/aromatic N) is 1. The zero-order chi connectivity index (χ0) is 15.2. The standard InChI is InChI=1S/C17H24FNO2/c1-19(2)10-15-12-4-3-11(7-12)9-17(15,21)14-8-13(20)5-6-16(14)18/h5-6,8,11-12,15,20-21H,3-4,7,9-10H2,1-2H3/t11-,12+,15+,17+/m1/s1. The van der Waals surface area contributed by atoms with Crippen LogP contribution in [0.3, 0.4) is 0 Å². The van der Waals surface area contributed by atoms with Gasteiger partial charge >= 0.3 is 0 Å². The monoisotopic (exact) mass is 293 g/mol. The summed E-state index contributed by atoms with van der Waals surface area (Å²) in [5.74, 6) is 0.530. The fourth-order valence-electron chi connectivity index (χ4n) is 4.49. The highest BCUT2D eigenvalue weighted by atomic mass is 19.1. The lowest BCUT2D eigenvalue weighted by atomic mass is 9.65. The summed E-state index contributed by atoms with van der Waals surface area (Å²) in [7, 11) is 3.97. The number of phenols is 1. The van der Waals surface area contributed by atoms with E-state index in [2.05, 4.69) is 4.90 Å². The molecule has 2 saturated carbocycles. The van der Waals surface area contributed by atoms with Crippen molar-refractivity contribution in [2.75, 3.05) is 20.6 Å². The summed E-state index contributed by atoms with van der Waals surface area (Å²) >= 11 is 0. The molecule has 0 heterocycles. The van der Waals surface area contributed by atoms with Crippen LogP contribution >= 0.6 is 0 Å². The van der Waals surface area contributed by atoms with Crippen molar-refractivity contribution in [1.82, 2.24) is 4.90 Å². The fourth-order valence-corrected chi connectivity index (χ4v) is 4.49. The molecule has 116 valence electrons. The molecule has 3 nitrogen and oxygen atoms in total. The molecule has 0 aliphatic heterocycles. The Kier molecular flexibility index (Phi) is 3.70. The molecule has 1 aromatic carbocycles. The summed E-state index contributed by atoms with van der Waals surface area (Å²) in [6, 6.07) is 4.00. The molecule has 0 aromatic heterocycles. The van der Waals surface area contributed by atoms with E-state index in [9.17, 15) is 14.6 Å². The van der Waals surface area contributed by atoms with Gasteiger partial charge in [0, 0.05) is 18.0 Å². The van der Waals surface area contributed by atoms with Gasteiger partial charge in [-0.25, -0.2) is 4.39 Å². The molecular formula is C17H24FNO2. The highest BCUT2D eigenvalue weighted by molar-refractivity contribution is 5.34. The molecule has 0 amide bonds. The number of halogens is 1. The van der Waals surface area contributed by atoms with Crippen molar-refractivity contribution >= 4 is 0 Å². The van der Waals surface area contributed by atoms with Gasteiger partial charge in [0.25, 0.3) is 0 Å². The first-order chi connectivity index (χ1) is 9.90. The minimum Gasteiger partial charge on any atom is -0.508 e. The van der Waals surface area contributed by atoms with E-state index in [4.69, 9.17) is 0 Å². The lowest BCUT2D eigenvalue weighted by molar-refractivity contribution is -0.0913. The van der Waals surface area contributed by atoms with Gasteiger partial charge in [0.2, 0.25) is 0 Å². The van der Waals surface area contributed by atoms with Gasteiger partial charge in [-0.2, -0.15) is 0 Å². The molecule has 2 fully saturated rings. The van der Waals surface area contributed by atoms with E-state index in [1.807, 2.05) is 14.1 Å². The maximum atomic E-state index is 14.3. The molecule has 4 heteroatoms. The Hall–Kier alpha value is -1.13. The van der Waals surface area contributed by atoms with Crippen LogP contribution in [0.25, 0.3) is 0 Å². The first-order valence-corrected chi connectivity index (χ1v) is 7.76. The number of hydrogen-bond donors (Lipinski definition) is 2. The summed E-state index contributed by atoms with van der Waals surface area (Å²) in [6.45, 7) is 0.739. The van der Waals surface area contributed by atoms with Crippen LogP contribution < -0.4 is 0 Å². The number of aliphatic hydroxyl groups is 1. The summed E-state index contributed by atoms with van der Waals surface area (Å²) in [4.78, 5) is 2.06. The third kappa shape index (κ3) is 2.55. The van der Waals surface area contributed by atoms with E-state index < -0.39 is 11.4 Å². The zero-order valence-corrected chi connectivity index (χ0v) is 12.7. The number of phenolic OH excluding ortho intramolecular Hbond substituents is 1. The van der Waals surface area contributed by atoms with Crippen molar-refractivity contribution in [3.63, 3.8) is 0 Å². The molecule has 0 radical (unpaired) electrons. The summed E-state index contributed by atoms with van der Waals surface area (Å²) in [6.07, 6.45) is 3.98. The molecule has 2 aliphatic carbocycles. The van der Waals surface area contributed by atoms with E-state index >= 15 is 0 Å². The van der Waals surface area contributed by atoms with Gasteiger partial charge in [-0.1, -0.05) is 6.42 Å². The average Bonchev–Trinajstić information content (AvgIpc) is 2.81. The quantitative estimate of drug-likeness (QED) is 0.900. The number of rotatable bonds is 3. The van der Waals surface area contributed by atoms with E-state index in [1.54, 1.807) is 0 Å². The molecule has 2 N–H and O–H groups in total. The Morgan fingerprint density at radius 3 is 2.81 bits per heavy atom. The number of benzene rings is 1. The summed E-state index contributed by atoms with van der Waals surface area (Å²) in [5, 5.41) is 21.1. The Morgan fingerprint density at radius 2 is 2.10 bits per heavy atom. The molecular weight excluding hydrogens is 269 g/mol. The Bertz CT molecular complexity index is 534. The van der Waals surface area contributed by atoms with Crippen molar-refractivity contribution in [2.45, 2.75) is 31.3 Å². The second-order valence-corrected chi connectivity index (χ2v) is 7.10. The van der Waals surface area contributed by atoms with Crippen molar-refractivity contribution in [2.24, 2.45) is 17.8 Å². The number of hydrogen-bond acceptors (Lipinski definition) is 3. The van der Waals surface area contributed by atoms with Crippen LogP contribution in [0.15, 0.2) is 18.2 Å². The predicted octanol–water partition coefficient (Wildman–Crippen LogP) is 2.72. The fraction of sp³-hybridized carbons (Fsp3) is 0.647. The molecule has 0 unspecified atom stereocenters. The molecule has 2 bridgehead atoms. The van der Waals surface area contributed by atoms with Crippen LogP contribution in [0.5, 0.6) is 5.75 Å². The van der Waals surface area contributed by atoms with Crippen molar-refractivity contribution in [3.05, 3.63) is 29.6 Å². The van der Waals surface area contributed by atoms with Crippen molar-refractivity contribution in [1.29, 1.82) is 0 Å². The third-order valence-corrected chi connectivity index (χ3v) is 5.34. The first kappa shape index (κ1) is 14.8. The van der Waals surface area contributed by atoms with Gasteiger partial charge in [0.05, 0.1) is 5.60 Å². The Labute approximate surface area is 125 Å². The second-order valence-electron chi connectivity index (χ2n) is 7.10. The van der Waals surface area contributed by atoms with E-state index in [-0.39, 0.29) is 17.2 Å². The van der Waals surface area contributed by atoms with Crippen molar-refractivity contribution < 1.29 is 14.6 Å². The zero-order valence-electron chi connectivity index (χ0n) is 12.7. The summed E-state index contributed by atoms with van der Waals surface area (Å²) in [5.41, 5.74) is -0.900. The first-order valence-electron chi connectivity index (χ1n) is 7.76. The predicted molar refractivity (Wildman–Crippen MR) is 79.5 cm³/mol. The molecule has 0 spiro atoms. The smallest absolute Gasteiger partial charge is 0.129 e. The maximum absolute atomic E-state index is 14.3. The van der Waals surface area contributed by atoms with Crippen LogP contribution in [0.2, 0.25) is 0 Å². The molecule has 4 atom stereocenters. The summed E-state index contributed by atoms with van der Waals surface area (Å²) < 4.78 is 14.3. The van der Waals surface area contributed by atoms with Gasteiger partial charge in [-0.05, 0) is 63.4 Å². The second kappa shape index (κ2) is 5.25. The van der Waals surface area contributed by atoms with Crippen LogP contribution in [0, 0.1) is 23.6 Å². The van der Waals surface area contributed by atoms with Crippen LogP contribution in [0.4, 0.5) is 4.39 Å². The Morgan fingerprint density at radius 1 is 1.33 bits per heavy atom. The largest absolute Gasteiger partial charge is 0.508 e. The van der Waals surface area contributed by atoms with Crippen LogP contribution in [-0.4, -0.2) is 35.8 Å². The van der Waals surface area contributed by atoms with Gasteiger partial charge in [0.1, 0.15) is 11.6 Å². The minimum absolute atomic E-state index is 0.0151. The van der Waals surface area contributed by atoms with E-state index in [1.165, 1.54) is 18.2 Å². The number of aromatic hydroxyl groups is 1. The third-order valence-electron chi connectivity index (χ3n) is 5.34. The normalized spacial score (nSPS) is 35.4. The molecule has 1 aromatic rings. The van der Waals surface area contributed by atoms with Crippen LogP contribution in [-0.2, 0) is 5.60 Å². The van der Waals surface area contributed by atoms with Gasteiger partial charge in [-0.3, -0.25) is 0 Å². The molecule has 21 heavy (non-hydrogen) atoms. The lowest BCUT2D eigenvalue weighted by Gasteiger charge is -2.45. The molecule has 3 rings (SSSR count).